The molecule has 21 heavy (non-hydrogen) atoms. The van der Waals surface area contributed by atoms with E-state index in [1.807, 2.05) is 18.2 Å². The molecule has 0 bridgehead atoms. The number of hydrogen-bond donors (Lipinski definition) is 1. The van der Waals surface area contributed by atoms with Crippen molar-refractivity contribution in [2.24, 2.45) is 0 Å². The molecule has 1 aliphatic rings. The fourth-order valence-electron chi connectivity index (χ4n) is 2.40. The van der Waals surface area contributed by atoms with Crippen LogP contribution in [0.2, 0.25) is 0 Å². The van der Waals surface area contributed by atoms with E-state index in [-0.39, 0.29) is 11.5 Å². The van der Waals surface area contributed by atoms with Crippen molar-refractivity contribution in [3.8, 4) is 0 Å². The molecule has 5 nitrogen and oxygen atoms in total. The van der Waals surface area contributed by atoms with E-state index in [1.54, 1.807) is 35.5 Å². The first-order chi connectivity index (χ1) is 10.2. The Hall–Kier alpha value is -2.95. The third kappa shape index (κ3) is 2.41. The largest absolute Gasteiger partial charge is 0.478 e. The maximum atomic E-state index is 12.5. The number of anilines is 1. The van der Waals surface area contributed by atoms with E-state index >= 15 is 0 Å². The average molecular weight is 280 g/mol. The Labute approximate surface area is 121 Å². The number of rotatable bonds is 3. The van der Waals surface area contributed by atoms with Gasteiger partial charge in [-0.25, -0.2) is 4.79 Å². The molecule has 2 heterocycles. The molecule has 0 saturated heterocycles. The van der Waals surface area contributed by atoms with Gasteiger partial charge in [0, 0.05) is 24.0 Å². The zero-order valence-electron chi connectivity index (χ0n) is 11.1. The molecule has 0 radical (unpaired) electrons. The Morgan fingerprint density at radius 3 is 2.76 bits per heavy atom. The molecule has 1 N–H and O–H groups in total. The van der Waals surface area contributed by atoms with Gasteiger partial charge in [-0.1, -0.05) is 24.3 Å². The summed E-state index contributed by atoms with van der Waals surface area (Å²) < 4.78 is 0. The Bertz CT molecular complexity index is 738. The van der Waals surface area contributed by atoms with Crippen LogP contribution in [0.4, 0.5) is 5.69 Å². The number of benzene rings is 1. The lowest BCUT2D eigenvalue weighted by Crippen LogP contribution is -2.25. The normalized spacial score (nSPS) is 15.3. The standard InChI is InChI=1S/C16H12N2O3/c19-15(20)8-13-12-5-1-2-6-14(12)18(16(13)21)10-11-4-3-7-17-9-11/h1-9H,10H2,(H,19,20). The molecule has 0 aliphatic carbocycles. The predicted octanol–water partition coefficient (Wildman–Crippen LogP) is 2.10. The van der Waals surface area contributed by atoms with Crippen LogP contribution >= 0.6 is 0 Å². The average Bonchev–Trinajstić information content (AvgIpc) is 2.74. The second-order valence-corrected chi connectivity index (χ2v) is 4.67. The van der Waals surface area contributed by atoms with Gasteiger partial charge in [-0.3, -0.25) is 9.78 Å². The Balaban J connectivity index is 2.03. The van der Waals surface area contributed by atoms with Crippen LogP contribution in [0.3, 0.4) is 0 Å². The number of aliphatic carboxylic acids is 1. The lowest BCUT2D eigenvalue weighted by molar-refractivity contribution is -0.131. The highest BCUT2D eigenvalue weighted by Crippen LogP contribution is 2.37. The van der Waals surface area contributed by atoms with Gasteiger partial charge in [0.1, 0.15) is 0 Å². The minimum Gasteiger partial charge on any atom is -0.478 e. The third-order valence-electron chi connectivity index (χ3n) is 3.29. The van der Waals surface area contributed by atoms with Crippen molar-refractivity contribution < 1.29 is 14.7 Å². The lowest BCUT2D eigenvalue weighted by Gasteiger charge is -2.16. The van der Waals surface area contributed by atoms with E-state index in [2.05, 4.69) is 4.98 Å². The molecule has 5 heteroatoms. The summed E-state index contributed by atoms with van der Waals surface area (Å²) in [6.07, 6.45) is 4.32. The van der Waals surface area contributed by atoms with E-state index in [4.69, 9.17) is 5.11 Å². The number of pyridine rings is 1. The van der Waals surface area contributed by atoms with E-state index in [1.165, 1.54) is 0 Å². The van der Waals surface area contributed by atoms with E-state index in [0.29, 0.717) is 12.1 Å². The highest BCUT2D eigenvalue weighted by atomic mass is 16.4. The number of hydrogen-bond acceptors (Lipinski definition) is 3. The number of nitrogens with zero attached hydrogens (tertiary/aromatic N) is 2. The molecule has 0 unspecified atom stereocenters. The predicted molar refractivity (Wildman–Crippen MR) is 77.5 cm³/mol. The molecule has 0 saturated carbocycles. The zero-order valence-corrected chi connectivity index (χ0v) is 11.1. The zero-order chi connectivity index (χ0) is 14.8. The number of aromatic nitrogens is 1. The molecule has 104 valence electrons. The van der Waals surface area contributed by atoms with Crippen molar-refractivity contribution in [1.82, 2.24) is 4.98 Å². The maximum absolute atomic E-state index is 12.5. The second-order valence-electron chi connectivity index (χ2n) is 4.67. The molecule has 1 aromatic heterocycles. The van der Waals surface area contributed by atoms with Gasteiger partial charge in [0.2, 0.25) is 0 Å². The van der Waals surface area contributed by atoms with E-state index in [0.717, 1.165) is 17.3 Å². The van der Waals surface area contributed by atoms with Gasteiger partial charge in [0.05, 0.1) is 17.8 Å². The van der Waals surface area contributed by atoms with Crippen LogP contribution < -0.4 is 4.90 Å². The summed E-state index contributed by atoms with van der Waals surface area (Å²) in [5, 5.41) is 8.94. The molecule has 0 atom stereocenters. The Morgan fingerprint density at radius 2 is 2.05 bits per heavy atom. The quantitative estimate of drug-likeness (QED) is 0.874. The molecule has 3 rings (SSSR count). The molecule has 1 aliphatic heterocycles. The van der Waals surface area contributed by atoms with Gasteiger partial charge in [-0.05, 0) is 17.7 Å². The molecular weight excluding hydrogens is 268 g/mol. The summed E-state index contributed by atoms with van der Waals surface area (Å²) in [5.74, 6) is -1.43. The van der Waals surface area contributed by atoms with Crippen molar-refractivity contribution in [1.29, 1.82) is 0 Å². The van der Waals surface area contributed by atoms with Crippen LogP contribution in [-0.4, -0.2) is 22.0 Å². The summed E-state index contributed by atoms with van der Waals surface area (Å²) in [6, 6.07) is 10.9. The first kappa shape index (κ1) is 13.1. The number of carbonyl (C=O) groups is 2. The van der Waals surface area contributed by atoms with Crippen molar-refractivity contribution in [2.75, 3.05) is 4.90 Å². The Morgan fingerprint density at radius 1 is 1.24 bits per heavy atom. The van der Waals surface area contributed by atoms with E-state index < -0.39 is 5.97 Å². The number of fused-ring (bicyclic) bond motifs is 1. The van der Waals surface area contributed by atoms with Crippen molar-refractivity contribution in [2.45, 2.75) is 6.54 Å². The first-order valence-electron chi connectivity index (χ1n) is 6.41. The molecule has 1 amide bonds. The van der Waals surface area contributed by atoms with Crippen LogP contribution in [0.25, 0.3) is 5.57 Å². The molecule has 2 aromatic rings. The number of carboxylic acids is 1. The highest BCUT2D eigenvalue weighted by Gasteiger charge is 2.32. The van der Waals surface area contributed by atoms with E-state index in [9.17, 15) is 9.59 Å². The van der Waals surface area contributed by atoms with Gasteiger partial charge in [-0.2, -0.15) is 0 Å². The van der Waals surface area contributed by atoms with Crippen LogP contribution in [-0.2, 0) is 16.1 Å². The SMILES string of the molecule is O=C(O)C=C1C(=O)N(Cc2cccnc2)c2ccccc21. The third-order valence-corrected chi connectivity index (χ3v) is 3.29. The number of amides is 1. The fourth-order valence-corrected chi connectivity index (χ4v) is 2.40. The summed E-state index contributed by atoms with van der Waals surface area (Å²) in [4.78, 5) is 29.0. The summed E-state index contributed by atoms with van der Waals surface area (Å²) in [6.45, 7) is 0.362. The topological polar surface area (TPSA) is 70.5 Å². The molecule has 0 fully saturated rings. The highest BCUT2D eigenvalue weighted by molar-refractivity contribution is 6.34. The summed E-state index contributed by atoms with van der Waals surface area (Å²) in [5.41, 5.74) is 2.46. The monoisotopic (exact) mass is 280 g/mol. The summed E-state index contributed by atoms with van der Waals surface area (Å²) in [7, 11) is 0. The molecule has 0 spiro atoms. The van der Waals surface area contributed by atoms with Crippen LogP contribution in [0, 0.1) is 0 Å². The minimum absolute atomic E-state index is 0.210. The number of para-hydroxylation sites is 1. The van der Waals surface area contributed by atoms with Crippen LogP contribution in [0.1, 0.15) is 11.1 Å². The Kier molecular flexibility index (Phi) is 3.23. The fraction of sp³-hybridized carbons (Fsp3) is 0.0625. The first-order valence-corrected chi connectivity index (χ1v) is 6.41. The molecule has 1 aromatic carbocycles. The minimum atomic E-state index is -1.13. The van der Waals surface area contributed by atoms with Gasteiger partial charge in [0.15, 0.2) is 0 Å². The van der Waals surface area contributed by atoms with Gasteiger partial charge in [-0.15, -0.1) is 0 Å². The second kappa shape index (κ2) is 5.20. The van der Waals surface area contributed by atoms with Gasteiger partial charge < -0.3 is 10.0 Å². The van der Waals surface area contributed by atoms with Crippen LogP contribution in [0.5, 0.6) is 0 Å². The van der Waals surface area contributed by atoms with Crippen LogP contribution in [0.15, 0.2) is 54.9 Å². The van der Waals surface area contributed by atoms with Gasteiger partial charge in [0.25, 0.3) is 5.91 Å². The lowest BCUT2D eigenvalue weighted by atomic mass is 10.1. The molecular formula is C16H12N2O3. The van der Waals surface area contributed by atoms with Crippen molar-refractivity contribution in [3.63, 3.8) is 0 Å². The maximum Gasteiger partial charge on any atom is 0.329 e. The number of carboxylic acid groups (broad SMARTS) is 1. The smallest absolute Gasteiger partial charge is 0.329 e. The van der Waals surface area contributed by atoms with Crippen molar-refractivity contribution in [3.05, 3.63) is 66.0 Å². The number of carbonyl (C=O) groups excluding carboxylic acids is 1. The summed E-state index contributed by atoms with van der Waals surface area (Å²) >= 11 is 0. The van der Waals surface area contributed by atoms with Gasteiger partial charge >= 0.3 is 5.97 Å². The van der Waals surface area contributed by atoms with Crippen molar-refractivity contribution >= 4 is 23.1 Å².